The summed E-state index contributed by atoms with van der Waals surface area (Å²) in [6.45, 7) is 5.39. The molecule has 0 radical (unpaired) electrons. The molecule has 1 atom stereocenters. The molecule has 1 amide bonds. The molecule has 0 aliphatic heterocycles. The molecule has 19 heavy (non-hydrogen) atoms. The van der Waals surface area contributed by atoms with Gasteiger partial charge in [0, 0.05) is 0 Å². The zero-order chi connectivity index (χ0) is 14.4. The number of thioether (sulfide) groups is 1. The van der Waals surface area contributed by atoms with E-state index >= 15 is 0 Å². The van der Waals surface area contributed by atoms with Crippen LogP contribution in [0.4, 0.5) is 0 Å². The van der Waals surface area contributed by atoms with Gasteiger partial charge >= 0.3 is 0 Å². The number of rotatable bonds is 7. The molecule has 1 heterocycles. The standard InChI is InChI=1S/C11H18N4O3S/c1-6(2)10(7(3)16)13-8(17)5-19-11-15-14-9(4-12)18-11/h6,10H,4-5,12H2,1-3H3,(H,13,17). The Kier molecular flexibility index (Phi) is 5.97. The fourth-order valence-corrected chi connectivity index (χ4v) is 2.05. The normalized spacial score (nSPS) is 12.5. The quantitative estimate of drug-likeness (QED) is 0.696. The minimum absolute atomic E-state index is 0.0543. The molecule has 7 nitrogen and oxygen atoms in total. The molecule has 0 bridgehead atoms. The van der Waals surface area contributed by atoms with Crippen LogP contribution in [0, 0.1) is 5.92 Å². The zero-order valence-electron chi connectivity index (χ0n) is 11.2. The van der Waals surface area contributed by atoms with E-state index in [4.69, 9.17) is 10.2 Å². The van der Waals surface area contributed by atoms with Crippen molar-refractivity contribution in [2.75, 3.05) is 5.75 Å². The first kappa shape index (κ1) is 15.6. The van der Waals surface area contributed by atoms with Crippen LogP contribution in [0.5, 0.6) is 0 Å². The van der Waals surface area contributed by atoms with Crippen LogP contribution >= 0.6 is 11.8 Å². The average Bonchev–Trinajstić information content (AvgIpc) is 2.80. The van der Waals surface area contributed by atoms with E-state index in [1.54, 1.807) is 0 Å². The number of nitrogens with two attached hydrogens (primary N) is 1. The van der Waals surface area contributed by atoms with Crippen molar-refractivity contribution < 1.29 is 14.0 Å². The molecular weight excluding hydrogens is 268 g/mol. The van der Waals surface area contributed by atoms with E-state index in [-0.39, 0.29) is 29.9 Å². The van der Waals surface area contributed by atoms with Gasteiger partial charge in [-0.25, -0.2) is 0 Å². The second-order valence-corrected chi connectivity index (χ2v) is 5.28. The maximum Gasteiger partial charge on any atom is 0.277 e. The summed E-state index contributed by atoms with van der Waals surface area (Å²) in [7, 11) is 0. The maximum absolute atomic E-state index is 11.7. The molecule has 1 aromatic heterocycles. The fraction of sp³-hybridized carbons (Fsp3) is 0.636. The number of aromatic nitrogens is 2. The number of nitrogens with zero attached hydrogens (tertiary/aromatic N) is 2. The maximum atomic E-state index is 11.7. The summed E-state index contributed by atoms with van der Waals surface area (Å²) in [5.74, 6) is 0.191. The van der Waals surface area contributed by atoms with Crippen LogP contribution in [0.2, 0.25) is 0 Å². The molecule has 0 aliphatic rings. The molecule has 0 fully saturated rings. The summed E-state index contributed by atoms with van der Waals surface area (Å²) in [5, 5.41) is 10.4. The van der Waals surface area contributed by atoms with Gasteiger partial charge in [-0.1, -0.05) is 25.6 Å². The van der Waals surface area contributed by atoms with E-state index in [1.807, 2.05) is 13.8 Å². The smallest absolute Gasteiger partial charge is 0.277 e. The first-order valence-corrected chi connectivity index (χ1v) is 6.87. The monoisotopic (exact) mass is 286 g/mol. The van der Waals surface area contributed by atoms with Gasteiger partial charge in [0.25, 0.3) is 5.22 Å². The Hall–Kier alpha value is -1.41. The first-order chi connectivity index (χ1) is 8.93. The van der Waals surface area contributed by atoms with E-state index in [0.717, 1.165) is 11.8 Å². The topological polar surface area (TPSA) is 111 Å². The molecule has 0 spiro atoms. The Morgan fingerprint density at radius 1 is 1.42 bits per heavy atom. The van der Waals surface area contributed by atoms with Crippen LogP contribution < -0.4 is 11.1 Å². The molecule has 0 saturated heterocycles. The number of carbonyl (C=O) groups is 2. The minimum atomic E-state index is -0.463. The lowest BCUT2D eigenvalue weighted by Crippen LogP contribution is -2.44. The Morgan fingerprint density at radius 3 is 2.58 bits per heavy atom. The molecular formula is C11H18N4O3S. The summed E-state index contributed by atoms with van der Waals surface area (Å²) in [6.07, 6.45) is 0. The van der Waals surface area contributed by atoms with E-state index in [0.29, 0.717) is 11.1 Å². The predicted octanol–water partition coefficient (Wildman–Crippen LogP) is 0.350. The van der Waals surface area contributed by atoms with Gasteiger partial charge in [-0.2, -0.15) is 0 Å². The number of Topliss-reactive ketones (excluding diaryl/α,β-unsaturated/α-hetero) is 1. The highest BCUT2D eigenvalue weighted by atomic mass is 32.2. The van der Waals surface area contributed by atoms with Gasteiger partial charge in [-0.05, 0) is 12.8 Å². The average molecular weight is 286 g/mol. The highest BCUT2D eigenvalue weighted by Gasteiger charge is 2.20. The summed E-state index contributed by atoms with van der Waals surface area (Å²) in [6, 6.07) is -0.463. The molecule has 0 saturated carbocycles. The second-order valence-electron chi connectivity index (χ2n) is 4.35. The van der Waals surface area contributed by atoms with Gasteiger partial charge in [0.05, 0.1) is 18.3 Å². The lowest BCUT2D eigenvalue weighted by atomic mass is 10.0. The van der Waals surface area contributed by atoms with Crippen LogP contribution in [-0.2, 0) is 16.1 Å². The van der Waals surface area contributed by atoms with Crippen molar-refractivity contribution in [3.05, 3.63) is 5.89 Å². The van der Waals surface area contributed by atoms with Crippen molar-refractivity contribution in [2.24, 2.45) is 11.7 Å². The van der Waals surface area contributed by atoms with Crippen molar-refractivity contribution >= 4 is 23.5 Å². The number of hydrogen-bond acceptors (Lipinski definition) is 7. The summed E-state index contributed by atoms with van der Waals surface area (Å²) < 4.78 is 5.15. The second kappa shape index (κ2) is 7.25. The largest absolute Gasteiger partial charge is 0.415 e. The lowest BCUT2D eigenvalue weighted by molar-refractivity contribution is -0.126. The van der Waals surface area contributed by atoms with Gasteiger partial charge in [-0.15, -0.1) is 10.2 Å². The highest BCUT2D eigenvalue weighted by molar-refractivity contribution is 7.99. The number of hydrogen-bond donors (Lipinski definition) is 2. The first-order valence-electron chi connectivity index (χ1n) is 5.89. The van der Waals surface area contributed by atoms with E-state index in [1.165, 1.54) is 6.92 Å². The molecule has 106 valence electrons. The van der Waals surface area contributed by atoms with Crippen LogP contribution in [0.25, 0.3) is 0 Å². The van der Waals surface area contributed by atoms with E-state index in [2.05, 4.69) is 15.5 Å². The molecule has 0 aromatic carbocycles. The fourth-order valence-electron chi connectivity index (χ4n) is 1.46. The molecule has 0 aliphatic carbocycles. The van der Waals surface area contributed by atoms with Crippen molar-refractivity contribution in [1.29, 1.82) is 0 Å². The molecule has 3 N–H and O–H groups in total. The minimum Gasteiger partial charge on any atom is -0.415 e. The SMILES string of the molecule is CC(=O)C(NC(=O)CSc1nnc(CN)o1)C(C)C. The van der Waals surface area contributed by atoms with Crippen LogP contribution in [0.1, 0.15) is 26.7 Å². The molecule has 1 unspecified atom stereocenters. The third-order valence-corrected chi connectivity index (χ3v) is 3.19. The molecule has 1 aromatic rings. The van der Waals surface area contributed by atoms with Crippen LogP contribution in [-0.4, -0.2) is 33.7 Å². The van der Waals surface area contributed by atoms with E-state index < -0.39 is 6.04 Å². The van der Waals surface area contributed by atoms with Gasteiger partial charge in [-0.3, -0.25) is 9.59 Å². The lowest BCUT2D eigenvalue weighted by Gasteiger charge is -2.18. The van der Waals surface area contributed by atoms with Crippen molar-refractivity contribution in [2.45, 2.75) is 38.6 Å². The van der Waals surface area contributed by atoms with Gasteiger partial charge in [0.15, 0.2) is 5.78 Å². The van der Waals surface area contributed by atoms with Crippen molar-refractivity contribution in [3.63, 3.8) is 0 Å². The predicted molar refractivity (Wildman–Crippen MR) is 70.4 cm³/mol. The van der Waals surface area contributed by atoms with Gasteiger partial charge in [0.1, 0.15) is 0 Å². The van der Waals surface area contributed by atoms with E-state index in [9.17, 15) is 9.59 Å². The zero-order valence-corrected chi connectivity index (χ0v) is 12.0. The van der Waals surface area contributed by atoms with Crippen molar-refractivity contribution in [1.82, 2.24) is 15.5 Å². The van der Waals surface area contributed by atoms with Crippen LogP contribution in [0.15, 0.2) is 9.64 Å². The summed E-state index contributed by atoms with van der Waals surface area (Å²) in [5.41, 5.74) is 5.33. The molecule has 8 heteroatoms. The third kappa shape index (κ3) is 4.99. The number of amides is 1. The van der Waals surface area contributed by atoms with Crippen LogP contribution in [0.3, 0.4) is 0 Å². The summed E-state index contributed by atoms with van der Waals surface area (Å²) in [4.78, 5) is 23.1. The Morgan fingerprint density at radius 2 is 2.11 bits per heavy atom. The third-order valence-electron chi connectivity index (χ3n) is 2.37. The highest BCUT2D eigenvalue weighted by Crippen LogP contribution is 2.15. The van der Waals surface area contributed by atoms with Gasteiger partial charge < -0.3 is 15.5 Å². The summed E-state index contributed by atoms with van der Waals surface area (Å²) >= 11 is 1.11. The number of ketones is 1. The Bertz CT molecular complexity index is 447. The number of carbonyl (C=O) groups excluding carboxylic acids is 2. The Labute approximate surface area is 115 Å². The van der Waals surface area contributed by atoms with Crippen molar-refractivity contribution in [3.8, 4) is 0 Å². The molecule has 1 rings (SSSR count). The van der Waals surface area contributed by atoms with Gasteiger partial charge in [0.2, 0.25) is 11.8 Å². The Balaban J connectivity index is 2.44. The number of nitrogens with one attached hydrogen (secondary N) is 1.